The van der Waals surface area contributed by atoms with E-state index in [0.29, 0.717) is 5.56 Å². The quantitative estimate of drug-likeness (QED) is 0.236. The highest BCUT2D eigenvalue weighted by atomic mass is 16.4. The van der Waals surface area contributed by atoms with Crippen LogP contribution < -0.4 is 11.2 Å². The third-order valence-corrected chi connectivity index (χ3v) is 4.37. The molecule has 0 radical (unpaired) electrons. The molecule has 0 saturated carbocycles. The lowest BCUT2D eigenvalue weighted by atomic mass is 10.1. The summed E-state index contributed by atoms with van der Waals surface area (Å²) < 4.78 is 0. The normalized spacial score (nSPS) is 12.7. The van der Waals surface area contributed by atoms with Gasteiger partial charge in [-0.1, -0.05) is 36.6 Å². The van der Waals surface area contributed by atoms with Crippen molar-refractivity contribution in [2.45, 2.75) is 19.1 Å². The summed E-state index contributed by atoms with van der Waals surface area (Å²) in [4.78, 5) is 23.3. The van der Waals surface area contributed by atoms with Crippen LogP contribution in [0.1, 0.15) is 34.0 Å². The van der Waals surface area contributed by atoms with Gasteiger partial charge in [0.15, 0.2) is 6.04 Å². The summed E-state index contributed by atoms with van der Waals surface area (Å²) in [6.45, 7) is 4.99. The number of aliphatic hydroxyl groups excluding tert-OH is 1. The predicted octanol–water partition coefficient (Wildman–Crippen LogP) is 1.98. The van der Waals surface area contributed by atoms with E-state index >= 15 is 0 Å². The number of nitrogens with zero attached hydrogens (tertiary/aromatic N) is 1. The summed E-state index contributed by atoms with van der Waals surface area (Å²) in [5.41, 5.74) is 3.53. The van der Waals surface area contributed by atoms with Crippen molar-refractivity contribution in [3.05, 3.63) is 89.5 Å². The first-order valence-corrected chi connectivity index (χ1v) is 9.48. The van der Waals surface area contributed by atoms with Gasteiger partial charge in [0.05, 0.1) is 11.8 Å². The monoisotopic (exact) mass is 419 g/mol. The van der Waals surface area contributed by atoms with Crippen LogP contribution in [-0.2, 0) is 4.79 Å². The number of carbonyl (C=O) groups is 2. The second-order valence-corrected chi connectivity index (χ2v) is 6.83. The molecule has 0 aliphatic carbocycles. The second kappa shape index (κ2) is 10.8. The number of amides is 1. The fourth-order valence-corrected chi connectivity index (χ4v) is 2.72. The molecular formula is C24H25N3O4. The Bertz CT molecular complexity index is 1030. The average molecular weight is 419 g/mol. The molecule has 0 bridgehead atoms. The molecule has 2 atom stereocenters. The van der Waals surface area contributed by atoms with E-state index in [-0.39, 0.29) is 5.56 Å². The standard InChI is InChI=1S/C24H25N3O4/c1-4-5-21(27(3)25)19-12-8-17(9-13-19)6-7-18-10-14-20(15-11-18)23(29)26-22(16(2)28)24(30)31/h4-5,8-16,22,28H,1,25H2,2-3H3,(H,26,29)(H,30,31)/b21-5-/t16-,22+/m1/s1. The van der Waals surface area contributed by atoms with E-state index in [9.17, 15) is 14.7 Å². The number of carboxylic acid groups (broad SMARTS) is 1. The highest BCUT2D eigenvalue weighted by molar-refractivity contribution is 5.96. The van der Waals surface area contributed by atoms with Gasteiger partial charge >= 0.3 is 5.97 Å². The summed E-state index contributed by atoms with van der Waals surface area (Å²) >= 11 is 0. The summed E-state index contributed by atoms with van der Waals surface area (Å²) in [6.07, 6.45) is 2.27. The molecule has 2 aromatic rings. The fourth-order valence-electron chi connectivity index (χ4n) is 2.72. The van der Waals surface area contributed by atoms with Crippen LogP contribution in [0.5, 0.6) is 0 Å². The van der Waals surface area contributed by atoms with E-state index < -0.39 is 24.0 Å². The Hall–Kier alpha value is -3.86. The molecule has 0 aromatic heterocycles. The van der Waals surface area contributed by atoms with Crippen molar-refractivity contribution in [3.8, 4) is 11.8 Å². The molecule has 0 saturated heterocycles. The number of nitrogens with two attached hydrogens (primary N) is 1. The average Bonchev–Trinajstić information content (AvgIpc) is 2.74. The summed E-state index contributed by atoms with van der Waals surface area (Å²) in [7, 11) is 1.75. The first-order chi connectivity index (χ1) is 14.7. The number of nitrogens with one attached hydrogen (secondary N) is 1. The third kappa shape index (κ3) is 6.57. The molecule has 0 aliphatic rings. The molecule has 0 spiro atoms. The molecule has 7 nitrogen and oxygen atoms in total. The number of rotatable bonds is 7. The first-order valence-electron chi connectivity index (χ1n) is 9.48. The minimum absolute atomic E-state index is 0.272. The van der Waals surface area contributed by atoms with Crippen molar-refractivity contribution in [1.82, 2.24) is 10.3 Å². The van der Waals surface area contributed by atoms with Crippen LogP contribution in [-0.4, -0.2) is 46.3 Å². The number of hydrogen-bond acceptors (Lipinski definition) is 5. The van der Waals surface area contributed by atoms with Gasteiger partial charge < -0.3 is 20.5 Å². The predicted molar refractivity (Wildman–Crippen MR) is 120 cm³/mol. The zero-order valence-corrected chi connectivity index (χ0v) is 17.4. The zero-order chi connectivity index (χ0) is 23.0. The summed E-state index contributed by atoms with van der Waals surface area (Å²) in [5.74, 6) is 10.0. The van der Waals surface area contributed by atoms with E-state index in [0.717, 1.165) is 16.8 Å². The Morgan fingerprint density at radius 2 is 1.55 bits per heavy atom. The van der Waals surface area contributed by atoms with E-state index in [1.54, 1.807) is 37.4 Å². The Balaban J connectivity index is 2.11. The lowest BCUT2D eigenvalue weighted by Gasteiger charge is -2.16. The van der Waals surface area contributed by atoms with E-state index in [1.807, 2.05) is 30.3 Å². The van der Waals surface area contributed by atoms with E-state index in [1.165, 1.54) is 11.9 Å². The summed E-state index contributed by atoms with van der Waals surface area (Å²) in [5, 5.41) is 22.3. The van der Waals surface area contributed by atoms with Gasteiger partial charge in [0.25, 0.3) is 5.91 Å². The molecule has 0 unspecified atom stereocenters. The SMILES string of the molecule is C=C/C=C(/c1ccc(C#Cc2ccc(C(=O)N[C@H](C(=O)O)[C@@H](C)O)cc2)cc1)N(C)N. The molecule has 0 aliphatic heterocycles. The van der Waals surface area contributed by atoms with Crippen LogP contribution in [0.2, 0.25) is 0 Å². The highest BCUT2D eigenvalue weighted by Gasteiger charge is 2.25. The number of carboxylic acids is 1. The van der Waals surface area contributed by atoms with Gasteiger partial charge in [0.1, 0.15) is 0 Å². The topological polar surface area (TPSA) is 116 Å². The number of benzene rings is 2. The van der Waals surface area contributed by atoms with Crippen LogP contribution >= 0.6 is 0 Å². The van der Waals surface area contributed by atoms with Crippen molar-refractivity contribution >= 4 is 17.6 Å². The molecule has 2 aromatic carbocycles. The second-order valence-electron chi connectivity index (χ2n) is 6.83. The lowest BCUT2D eigenvalue weighted by Crippen LogP contribution is -2.47. The maximum atomic E-state index is 12.2. The molecular weight excluding hydrogens is 394 g/mol. The van der Waals surface area contributed by atoms with Crippen LogP contribution in [0.3, 0.4) is 0 Å². The lowest BCUT2D eigenvalue weighted by molar-refractivity contribution is -0.141. The van der Waals surface area contributed by atoms with Crippen molar-refractivity contribution in [2.75, 3.05) is 7.05 Å². The Morgan fingerprint density at radius 3 is 1.94 bits per heavy atom. The molecule has 7 heteroatoms. The third-order valence-electron chi connectivity index (χ3n) is 4.37. The number of allylic oxidation sites excluding steroid dienone is 2. The summed E-state index contributed by atoms with van der Waals surface area (Å²) in [6, 6.07) is 12.6. The largest absolute Gasteiger partial charge is 0.480 e. The van der Waals surface area contributed by atoms with Gasteiger partial charge in [-0.15, -0.1) is 0 Å². The highest BCUT2D eigenvalue weighted by Crippen LogP contribution is 2.16. The minimum atomic E-state index is -1.38. The molecule has 31 heavy (non-hydrogen) atoms. The fraction of sp³-hybridized carbons (Fsp3) is 0.167. The van der Waals surface area contributed by atoms with Gasteiger partial charge in [0.2, 0.25) is 0 Å². The van der Waals surface area contributed by atoms with Crippen molar-refractivity contribution in [1.29, 1.82) is 0 Å². The molecule has 0 heterocycles. The Kier molecular flexibility index (Phi) is 8.15. The number of carbonyl (C=O) groups excluding carboxylic acids is 1. The number of hydrogen-bond donors (Lipinski definition) is 4. The van der Waals surface area contributed by atoms with E-state index in [4.69, 9.17) is 10.9 Å². The smallest absolute Gasteiger partial charge is 0.328 e. The molecule has 2 rings (SSSR count). The van der Waals surface area contributed by atoms with Crippen molar-refractivity contribution in [3.63, 3.8) is 0 Å². The molecule has 5 N–H and O–H groups in total. The molecule has 160 valence electrons. The van der Waals surface area contributed by atoms with Crippen LogP contribution in [0.25, 0.3) is 5.70 Å². The van der Waals surface area contributed by atoms with Gasteiger partial charge in [-0.25, -0.2) is 10.6 Å². The van der Waals surface area contributed by atoms with Gasteiger partial charge in [0, 0.05) is 23.7 Å². The number of aliphatic carboxylic acids is 1. The van der Waals surface area contributed by atoms with Crippen LogP contribution in [0.4, 0.5) is 0 Å². The van der Waals surface area contributed by atoms with Crippen LogP contribution in [0.15, 0.2) is 67.3 Å². The minimum Gasteiger partial charge on any atom is -0.480 e. The van der Waals surface area contributed by atoms with Crippen molar-refractivity contribution in [2.24, 2.45) is 5.84 Å². The van der Waals surface area contributed by atoms with E-state index in [2.05, 4.69) is 23.7 Å². The number of hydrazine groups is 1. The van der Waals surface area contributed by atoms with Crippen molar-refractivity contribution < 1.29 is 19.8 Å². The van der Waals surface area contributed by atoms with Gasteiger partial charge in [-0.05, 0) is 55.0 Å². The molecule has 1 amide bonds. The zero-order valence-electron chi connectivity index (χ0n) is 17.4. The Morgan fingerprint density at radius 1 is 1.06 bits per heavy atom. The van der Waals surface area contributed by atoms with Gasteiger partial charge in [-0.3, -0.25) is 4.79 Å². The first kappa shape index (κ1) is 23.4. The Labute approximate surface area is 181 Å². The van der Waals surface area contributed by atoms with Crippen LogP contribution in [0, 0.1) is 11.8 Å². The molecule has 0 fully saturated rings. The van der Waals surface area contributed by atoms with Gasteiger partial charge in [-0.2, -0.15) is 0 Å². The maximum absolute atomic E-state index is 12.2. The number of aliphatic hydroxyl groups is 1. The maximum Gasteiger partial charge on any atom is 0.328 e.